The molecule has 0 saturated heterocycles. The molecule has 3 heteroatoms. The minimum Gasteiger partial charge on any atom is -0.497 e. The molecule has 0 aliphatic rings. The van der Waals surface area contributed by atoms with Gasteiger partial charge in [-0.2, -0.15) is 0 Å². The zero-order valence-corrected chi connectivity index (χ0v) is 11.6. The van der Waals surface area contributed by atoms with Crippen LogP contribution in [0.1, 0.15) is 24.9 Å². The van der Waals surface area contributed by atoms with E-state index in [0.29, 0.717) is 12.5 Å². The molecule has 2 atom stereocenters. The topological polar surface area (TPSA) is 61.3 Å². The average molecular weight is 258 g/mol. The van der Waals surface area contributed by atoms with Crippen molar-refractivity contribution in [2.45, 2.75) is 19.4 Å². The number of ether oxygens (including phenoxy) is 1. The van der Waals surface area contributed by atoms with Gasteiger partial charge in [-0.3, -0.25) is 0 Å². The highest BCUT2D eigenvalue weighted by Gasteiger charge is 2.16. The van der Waals surface area contributed by atoms with E-state index in [-0.39, 0.29) is 6.04 Å². The van der Waals surface area contributed by atoms with Crippen LogP contribution in [-0.4, -0.2) is 13.7 Å². The van der Waals surface area contributed by atoms with E-state index in [0.717, 1.165) is 23.1 Å². The monoisotopic (exact) mass is 258 g/mol. The first-order chi connectivity index (χ1) is 9.19. The first kappa shape index (κ1) is 13.8. The Morgan fingerprint density at radius 1 is 1.11 bits per heavy atom. The van der Waals surface area contributed by atoms with Crippen molar-refractivity contribution in [1.82, 2.24) is 0 Å². The van der Waals surface area contributed by atoms with Crippen LogP contribution in [0.3, 0.4) is 0 Å². The molecule has 0 radical (unpaired) electrons. The van der Waals surface area contributed by atoms with Crippen LogP contribution in [0.5, 0.6) is 5.75 Å². The Kier molecular flexibility index (Phi) is 4.40. The lowest BCUT2D eigenvalue weighted by molar-refractivity contribution is 0.415. The fraction of sp³-hybridized carbons (Fsp3) is 0.375. The van der Waals surface area contributed by atoms with E-state index in [4.69, 9.17) is 16.2 Å². The van der Waals surface area contributed by atoms with Crippen LogP contribution in [0.4, 0.5) is 0 Å². The molecule has 0 aliphatic carbocycles. The molecule has 2 aromatic rings. The number of fused-ring (bicyclic) bond motifs is 1. The molecule has 2 aromatic carbocycles. The van der Waals surface area contributed by atoms with E-state index in [2.05, 4.69) is 31.2 Å². The van der Waals surface area contributed by atoms with Crippen LogP contribution in [-0.2, 0) is 0 Å². The number of methoxy groups -OCH3 is 1. The molecule has 3 nitrogen and oxygen atoms in total. The van der Waals surface area contributed by atoms with Gasteiger partial charge in [0.25, 0.3) is 0 Å². The van der Waals surface area contributed by atoms with Gasteiger partial charge in [0.05, 0.1) is 7.11 Å². The lowest BCUT2D eigenvalue weighted by Crippen LogP contribution is -2.27. The molecule has 2 rings (SSSR count). The van der Waals surface area contributed by atoms with Gasteiger partial charge in [-0.15, -0.1) is 0 Å². The second-order valence-electron chi connectivity index (χ2n) is 4.90. The Balaban J connectivity index is 2.36. The third-order valence-electron chi connectivity index (χ3n) is 3.79. The van der Waals surface area contributed by atoms with Gasteiger partial charge in [0.1, 0.15) is 5.75 Å². The van der Waals surface area contributed by atoms with Gasteiger partial charge < -0.3 is 16.2 Å². The van der Waals surface area contributed by atoms with Crippen molar-refractivity contribution in [3.05, 3.63) is 42.0 Å². The number of benzene rings is 2. The lowest BCUT2D eigenvalue weighted by Gasteiger charge is -2.21. The largest absolute Gasteiger partial charge is 0.497 e. The molecule has 0 heterocycles. The van der Waals surface area contributed by atoms with E-state index in [9.17, 15) is 0 Å². The summed E-state index contributed by atoms with van der Waals surface area (Å²) < 4.78 is 5.23. The quantitative estimate of drug-likeness (QED) is 0.867. The van der Waals surface area contributed by atoms with Gasteiger partial charge in [-0.25, -0.2) is 0 Å². The van der Waals surface area contributed by atoms with Gasteiger partial charge in [0.2, 0.25) is 0 Å². The predicted octanol–water partition coefficient (Wildman–Crippen LogP) is 2.83. The lowest BCUT2D eigenvalue weighted by atomic mass is 9.90. The molecule has 2 unspecified atom stereocenters. The van der Waals surface area contributed by atoms with Crippen molar-refractivity contribution in [3.63, 3.8) is 0 Å². The third kappa shape index (κ3) is 2.88. The van der Waals surface area contributed by atoms with E-state index in [1.165, 1.54) is 5.39 Å². The standard InChI is InChI=1S/C16H22N2O/c1-3-11(10-17)16(18)14-5-4-13-9-15(19-2)7-6-12(13)8-14/h4-9,11,16H,3,10,17-18H2,1-2H3. The number of nitrogens with two attached hydrogens (primary N) is 2. The summed E-state index contributed by atoms with van der Waals surface area (Å²) in [6, 6.07) is 12.4. The van der Waals surface area contributed by atoms with Gasteiger partial charge in [-0.1, -0.05) is 31.5 Å². The van der Waals surface area contributed by atoms with Crippen LogP contribution in [0.15, 0.2) is 36.4 Å². The maximum atomic E-state index is 6.30. The van der Waals surface area contributed by atoms with Gasteiger partial charge in [0.15, 0.2) is 0 Å². The zero-order chi connectivity index (χ0) is 13.8. The maximum absolute atomic E-state index is 6.30. The highest BCUT2D eigenvalue weighted by molar-refractivity contribution is 5.84. The first-order valence-electron chi connectivity index (χ1n) is 6.73. The number of rotatable bonds is 5. The number of hydrogen-bond acceptors (Lipinski definition) is 3. The molecule has 0 spiro atoms. The Labute approximate surface area is 114 Å². The third-order valence-corrected chi connectivity index (χ3v) is 3.79. The highest BCUT2D eigenvalue weighted by Crippen LogP contribution is 2.27. The molecule has 0 aliphatic heterocycles. The Bertz CT molecular complexity index is 549. The van der Waals surface area contributed by atoms with Gasteiger partial charge in [-0.05, 0) is 47.0 Å². The summed E-state index contributed by atoms with van der Waals surface area (Å²) in [5.74, 6) is 1.20. The van der Waals surface area contributed by atoms with Crippen molar-refractivity contribution in [3.8, 4) is 5.75 Å². The van der Waals surface area contributed by atoms with Crippen LogP contribution >= 0.6 is 0 Å². The zero-order valence-electron chi connectivity index (χ0n) is 11.6. The predicted molar refractivity (Wildman–Crippen MR) is 80.3 cm³/mol. The average Bonchev–Trinajstić information content (AvgIpc) is 2.47. The SMILES string of the molecule is CCC(CN)C(N)c1ccc2cc(OC)ccc2c1. The number of hydrogen-bond donors (Lipinski definition) is 2. The van der Waals surface area contributed by atoms with Gasteiger partial charge >= 0.3 is 0 Å². The Hall–Kier alpha value is -1.58. The summed E-state index contributed by atoms with van der Waals surface area (Å²) in [6.07, 6.45) is 0.998. The van der Waals surface area contributed by atoms with Crippen molar-refractivity contribution in [2.75, 3.05) is 13.7 Å². The molecule has 4 N–H and O–H groups in total. The summed E-state index contributed by atoms with van der Waals surface area (Å²) in [5.41, 5.74) is 13.2. The van der Waals surface area contributed by atoms with Crippen LogP contribution in [0.25, 0.3) is 10.8 Å². The Morgan fingerprint density at radius 3 is 2.42 bits per heavy atom. The molecule has 0 bridgehead atoms. The minimum atomic E-state index is 0.00139. The molecule has 102 valence electrons. The van der Waals surface area contributed by atoms with E-state index in [1.54, 1.807) is 7.11 Å². The molecule has 0 amide bonds. The van der Waals surface area contributed by atoms with Crippen LogP contribution in [0, 0.1) is 5.92 Å². The van der Waals surface area contributed by atoms with Gasteiger partial charge in [0, 0.05) is 6.04 Å². The molecular weight excluding hydrogens is 236 g/mol. The van der Waals surface area contributed by atoms with E-state index >= 15 is 0 Å². The summed E-state index contributed by atoms with van der Waals surface area (Å²) in [7, 11) is 1.68. The molecule has 19 heavy (non-hydrogen) atoms. The second-order valence-corrected chi connectivity index (χ2v) is 4.90. The second kappa shape index (κ2) is 6.04. The summed E-state index contributed by atoms with van der Waals surface area (Å²) in [5, 5.41) is 2.34. The fourth-order valence-electron chi connectivity index (χ4n) is 2.42. The summed E-state index contributed by atoms with van der Waals surface area (Å²) in [6.45, 7) is 2.75. The fourth-order valence-corrected chi connectivity index (χ4v) is 2.42. The minimum absolute atomic E-state index is 0.00139. The molecule has 0 aromatic heterocycles. The van der Waals surface area contributed by atoms with Crippen molar-refractivity contribution >= 4 is 10.8 Å². The van der Waals surface area contributed by atoms with E-state index < -0.39 is 0 Å². The first-order valence-corrected chi connectivity index (χ1v) is 6.73. The van der Waals surface area contributed by atoms with Crippen molar-refractivity contribution in [2.24, 2.45) is 17.4 Å². The van der Waals surface area contributed by atoms with Crippen molar-refractivity contribution < 1.29 is 4.74 Å². The molecule has 0 saturated carbocycles. The normalized spacial score (nSPS) is 14.3. The van der Waals surface area contributed by atoms with Crippen LogP contribution < -0.4 is 16.2 Å². The van der Waals surface area contributed by atoms with Crippen LogP contribution in [0.2, 0.25) is 0 Å². The maximum Gasteiger partial charge on any atom is 0.119 e. The summed E-state index contributed by atoms with van der Waals surface area (Å²) in [4.78, 5) is 0. The molecular formula is C16H22N2O. The Morgan fingerprint density at radius 2 is 1.79 bits per heavy atom. The smallest absolute Gasteiger partial charge is 0.119 e. The van der Waals surface area contributed by atoms with E-state index in [1.807, 2.05) is 12.1 Å². The summed E-state index contributed by atoms with van der Waals surface area (Å²) >= 11 is 0. The molecule has 0 fully saturated rings. The highest BCUT2D eigenvalue weighted by atomic mass is 16.5. The van der Waals surface area contributed by atoms with Crippen molar-refractivity contribution in [1.29, 1.82) is 0 Å².